The van der Waals surface area contributed by atoms with E-state index in [1.807, 2.05) is 24.3 Å². The maximum absolute atomic E-state index is 12.2. The summed E-state index contributed by atoms with van der Waals surface area (Å²) in [6.07, 6.45) is 3.92. The molecule has 86 valence electrons. The molecule has 17 heavy (non-hydrogen) atoms. The molecule has 0 amide bonds. The summed E-state index contributed by atoms with van der Waals surface area (Å²) in [7, 11) is 0. The third-order valence-corrected chi connectivity index (χ3v) is 4.92. The SMILES string of the molecule is O=[n+]1c2c(oc3ccccc31)C=CC(CBr)S2. The van der Waals surface area contributed by atoms with Crippen molar-refractivity contribution in [3.05, 3.63) is 41.0 Å². The highest BCUT2D eigenvalue weighted by molar-refractivity contribution is 9.09. The molecule has 1 aromatic carbocycles. The van der Waals surface area contributed by atoms with Crippen LogP contribution in [0.4, 0.5) is 0 Å². The first-order valence-corrected chi connectivity index (χ1v) is 7.19. The first kappa shape index (κ1) is 11.0. The molecule has 0 N–H and O–H groups in total. The molecule has 0 saturated heterocycles. The van der Waals surface area contributed by atoms with Gasteiger partial charge in [-0.25, -0.2) is 0 Å². The molecule has 2 heterocycles. The lowest BCUT2D eigenvalue weighted by Crippen LogP contribution is -2.23. The van der Waals surface area contributed by atoms with Crippen LogP contribution in [-0.2, 0) is 0 Å². The highest BCUT2D eigenvalue weighted by atomic mass is 79.9. The number of para-hydroxylation sites is 2. The van der Waals surface area contributed by atoms with Crippen molar-refractivity contribution in [1.82, 2.24) is 0 Å². The number of rotatable bonds is 1. The van der Waals surface area contributed by atoms with Gasteiger partial charge in [0.1, 0.15) is 0 Å². The van der Waals surface area contributed by atoms with E-state index < -0.39 is 0 Å². The summed E-state index contributed by atoms with van der Waals surface area (Å²) < 4.78 is 6.67. The number of hydrogen-bond acceptors (Lipinski definition) is 3. The summed E-state index contributed by atoms with van der Waals surface area (Å²) in [6.45, 7) is 0. The Hall–Kier alpha value is -1.07. The minimum Gasteiger partial charge on any atom is -0.442 e. The van der Waals surface area contributed by atoms with Crippen LogP contribution in [0.2, 0.25) is 0 Å². The lowest BCUT2D eigenvalue weighted by molar-refractivity contribution is -0.512. The molecule has 0 saturated carbocycles. The quantitative estimate of drug-likeness (QED) is 0.599. The van der Waals surface area contributed by atoms with Crippen LogP contribution < -0.4 is 4.43 Å². The molecule has 1 unspecified atom stereocenters. The molecular weight excluding hydrogens is 302 g/mol. The van der Waals surface area contributed by atoms with E-state index in [1.54, 1.807) is 12.1 Å². The van der Waals surface area contributed by atoms with Crippen LogP contribution in [0.3, 0.4) is 0 Å². The summed E-state index contributed by atoms with van der Waals surface area (Å²) in [5.74, 6) is 0.640. The van der Waals surface area contributed by atoms with Crippen LogP contribution in [-0.4, -0.2) is 10.6 Å². The summed E-state index contributed by atoms with van der Waals surface area (Å²) >= 11 is 4.94. The van der Waals surface area contributed by atoms with E-state index >= 15 is 0 Å². The Labute approximate surface area is 110 Å². The fourth-order valence-electron chi connectivity index (χ4n) is 1.75. The number of aromatic nitrogens is 1. The number of fused-ring (bicyclic) bond motifs is 2. The zero-order valence-electron chi connectivity index (χ0n) is 8.80. The number of alkyl halides is 1. The summed E-state index contributed by atoms with van der Waals surface area (Å²) in [4.78, 5) is 12.2. The van der Waals surface area contributed by atoms with Gasteiger partial charge < -0.3 is 4.42 Å². The number of benzene rings is 1. The second kappa shape index (κ2) is 4.31. The summed E-state index contributed by atoms with van der Waals surface area (Å²) in [6, 6.07) is 7.27. The Balaban J connectivity index is 2.29. The van der Waals surface area contributed by atoms with E-state index in [0.29, 0.717) is 21.9 Å². The van der Waals surface area contributed by atoms with E-state index in [2.05, 4.69) is 15.9 Å². The topological polar surface area (TPSA) is 36.1 Å². The van der Waals surface area contributed by atoms with E-state index in [1.165, 1.54) is 11.8 Å². The molecule has 3 nitrogen and oxygen atoms in total. The largest absolute Gasteiger partial charge is 0.442 e. The number of hydrogen-bond donors (Lipinski definition) is 0. The van der Waals surface area contributed by atoms with Crippen molar-refractivity contribution in [1.29, 1.82) is 0 Å². The summed E-state index contributed by atoms with van der Waals surface area (Å²) in [5, 5.41) is 1.73. The minimum atomic E-state index is 0.277. The van der Waals surface area contributed by atoms with E-state index in [9.17, 15) is 4.91 Å². The van der Waals surface area contributed by atoms with Gasteiger partial charge in [0.15, 0.2) is 0 Å². The Kier molecular flexibility index (Phi) is 2.80. The van der Waals surface area contributed by atoms with Gasteiger partial charge in [0.2, 0.25) is 11.3 Å². The van der Waals surface area contributed by atoms with Gasteiger partial charge >= 0.3 is 10.5 Å². The fraction of sp³-hybridized carbons (Fsp3) is 0.167. The molecule has 0 aliphatic carbocycles. The van der Waals surface area contributed by atoms with Crippen LogP contribution in [0.1, 0.15) is 5.76 Å². The first-order valence-electron chi connectivity index (χ1n) is 5.19. The van der Waals surface area contributed by atoms with Gasteiger partial charge in [-0.1, -0.05) is 34.1 Å². The summed E-state index contributed by atoms with van der Waals surface area (Å²) in [5.41, 5.74) is 1.19. The zero-order chi connectivity index (χ0) is 11.8. The third-order valence-electron chi connectivity index (χ3n) is 2.58. The van der Waals surface area contributed by atoms with Gasteiger partial charge in [0.05, 0.1) is 4.43 Å². The average Bonchev–Trinajstić information content (AvgIpc) is 2.39. The molecule has 3 rings (SSSR count). The van der Waals surface area contributed by atoms with Crippen LogP contribution in [0.25, 0.3) is 17.2 Å². The molecule has 0 spiro atoms. The van der Waals surface area contributed by atoms with E-state index in [-0.39, 0.29) is 5.25 Å². The lowest BCUT2D eigenvalue weighted by Gasteiger charge is -2.10. The van der Waals surface area contributed by atoms with Crippen molar-refractivity contribution < 1.29 is 8.84 Å². The Bertz CT molecular complexity index is 665. The van der Waals surface area contributed by atoms with Gasteiger partial charge in [-0.2, -0.15) is 0 Å². The Morgan fingerprint density at radius 2 is 2.24 bits per heavy atom. The van der Waals surface area contributed by atoms with Crippen molar-refractivity contribution in [3.63, 3.8) is 0 Å². The molecule has 1 aliphatic rings. The van der Waals surface area contributed by atoms with Crippen molar-refractivity contribution in [3.8, 4) is 0 Å². The molecule has 5 heteroatoms. The fourth-order valence-corrected chi connectivity index (χ4v) is 3.29. The van der Waals surface area contributed by atoms with Crippen molar-refractivity contribution in [2.24, 2.45) is 0 Å². The van der Waals surface area contributed by atoms with Crippen LogP contribution in [0.15, 0.2) is 39.8 Å². The van der Waals surface area contributed by atoms with Crippen LogP contribution >= 0.6 is 27.7 Å². The molecule has 1 atom stereocenters. The van der Waals surface area contributed by atoms with Gasteiger partial charge in [-0.15, -0.1) is 0 Å². The van der Waals surface area contributed by atoms with Gasteiger partial charge in [-0.3, -0.25) is 0 Å². The van der Waals surface area contributed by atoms with Crippen LogP contribution in [0.5, 0.6) is 0 Å². The predicted octanol–water partition coefficient (Wildman–Crippen LogP) is 3.23. The van der Waals surface area contributed by atoms with Crippen molar-refractivity contribution in [2.75, 3.05) is 5.33 Å². The Morgan fingerprint density at radius 1 is 1.41 bits per heavy atom. The van der Waals surface area contributed by atoms with Gasteiger partial charge in [0.25, 0.3) is 0 Å². The molecule has 1 aromatic heterocycles. The maximum Gasteiger partial charge on any atom is 0.340 e. The molecule has 0 radical (unpaired) electrons. The Morgan fingerprint density at radius 3 is 3.06 bits per heavy atom. The number of thioether (sulfide) groups is 1. The second-order valence-corrected chi connectivity index (χ2v) is 5.58. The molecule has 0 bridgehead atoms. The zero-order valence-corrected chi connectivity index (χ0v) is 11.2. The van der Waals surface area contributed by atoms with Crippen molar-refractivity contribution in [2.45, 2.75) is 10.3 Å². The van der Waals surface area contributed by atoms with Gasteiger partial charge in [0, 0.05) is 21.6 Å². The molecular formula is C12H9BrNO2S+. The molecule has 0 fully saturated rings. The average molecular weight is 311 g/mol. The van der Waals surface area contributed by atoms with Crippen LogP contribution in [0, 0.1) is 4.91 Å². The number of halogens is 1. The predicted molar refractivity (Wildman–Crippen MR) is 72.1 cm³/mol. The maximum atomic E-state index is 12.2. The third kappa shape index (κ3) is 1.83. The van der Waals surface area contributed by atoms with E-state index in [0.717, 1.165) is 9.76 Å². The smallest absolute Gasteiger partial charge is 0.340 e. The standard InChI is InChI=1S/C12H9BrNO2S/c13-7-8-5-6-11-12(17-8)14(15)9-3-1-2-4-10(9)16-11/h1-6,8H,7H2/q+1. The normalized spacial score (nSPS) is 18.3. The minimum absolute atomic E-state index is 0.277. The molecule has 2 aromatic rings. The highest BCUT2D eigenvalue weighted by Crippen LogP contribution is 2.32. The second-order valence-electron chi connectivity index (χ2n) is 3.70. The van der Waals surface area contributed by atoms with E-state index in [4.69, 9.17) is 4.42 Å². The first-order chi connectivity index (χ1) is 8.29. The number of nitrogens with zero attached hydrogens (tertiary/aromatic N) is 1. The highest BCUT2D eigenvalue weighted by Gasteiger charge is 2.27. The monoisotopic (exact) mass is 310 g/mol. The van der Waals surface area contributed by atoms with Gasteiger partial charge in [-0.05, 0) is 23.9 Å². The molecule has 1 aliphatic heterocycles. The lowest BCUT2D eigenvalue weighted by atomic mass is 10.3. The van der Waals surface area contributed by atoms with Crippen molar-refractivity contribution >= 4 is 44.9 Å².